The maximum atomic E-state index is 11.2. The fourth-order valence-electron chi connectivity index (χ4n) is 0.913. The molecular formula is C8H6INO2S. The van der Waals surface area contributed by atoms with E-state index in [-0.39, 0.29) is 10.5 Å². The van der Waals surface area contributed by atoms with Gasteiger partial charge < -0.3 is 0 Å². The summed E-state index contributed by atoms with van der Waals surface area (Å²) in [6.07, 6.45) is 1.09. The molecular weight excluding hydrogens is 301 g/mol. The van der Waals surface area contributed by atoms with Crippen molar-refractivity contribution in [3.8, 4) is 6.07 Å². The monoisotopic (exact) mass is 307 g/mol. The van der Waals surface area contributed by atoms with Crippen molar-refractivity contribution in [2.45, 2.75) is 4.90 Å². The molecule has 0 unspecified atom stereocenters. The van der Waals surface area contributed by atoms with Crippen LogP contribution in [0.1, 0.15) is 5.56 Å². The molecule has 0 heterocycles. The average molecular weight is 307 g/mol. The van der Waals surface area contributed by atoms with Crippen LogP contribution in [0.2, 0.25) is 0 Å². The Hall–Kier alpha value is -0.610. The molecule has 0 saturated heterocycles. The molecule has 13 heavy (non-hydrogen) atoms. The van der Waals surface area contributed by atoms with Crippen LogP contribution in [-0.2, 0) is 9.84 Å². The van der Waals surface area contributed by atoms with E-state index in [2.05, 4.69) is 0 Å². The first-order valence-corrected chi connectivity index (χ1v) is 6.32. The van der Waals surface area contributed by atoms with Gasteiger partial charge in [0.15, 0.2) is 9.84 Å². The number of sulfone groups is 1. The van der Waals surface area contributed by atoms with Gasteiger partial charge in [0, 0.05) is 9.83 Å². The zero-order valence-corrected chi connectivity index (χ0v) is 9.76. The van der Waals surface area contributed by atoms with E-state index >= 15 is 0 Å². The van der Waals surface area contributed by atoms with Crippen LogP contribution in [0.4, 0.5) is 0 Å². The largest absolute Gasteiger partial charge is 0.224 e. The van der Waals surface area contributed by atoms with Crippen molar-refractivity contribution in [2.75, 3.05) is 6.26 Å². The highest BCUT2D eigenvalue weighted by Gasteiger charge is 2.12. The fraction of sp³-hybridized carbons (Fsp3) is 0.125. The molecule has 1 rings (SSSR count). The first kappa shape index (κ1) is 10.5. The molecule has 0 fully saturated rings. The van der Waals surface area contributed by atoms with Gasteiger partial charge in [0.1, 0.15) is 6.07 Å². The Bertz CT molecular complexity index is 473. The summed E-state index contributed by atoms with van der Waals surface area (Å²) in [6, 6.07) is 6.53. The zero-order valence-electron chi connectivity index (χ0n) is 6.78. The highest BCUT2D eigenvalue weighted by Crippen LogP contribution is 2.17. The van der Waals surface area contributed by atoms with Gasteiger partial charge in [-0.1, -0.05) is 0 Å². The molecule has 0 bridgehead atoms. The number of nitriles is 1. The minimum atomic E-state index is -3.29. The lowest BCUT2D eigenvalue weighted by Gasteiger charge is -2.00. The second kappa shape index (κ2) is 3.64. The van der Waals surface area contributed by atoms with Crippen LogP contribution in [0.25, 0.3) is 0 Å². The Morgan fingerprint density at radius 1 is 1.46 bits per heavy atom. The zero-order chi connectivity index (χ0) is 10.1. The van der Waals surface area contributed by atoms with Crippen LogP contribution in [-0.4, -0.2) is 14.7 Å². The summed E-state index contributed by atoms with van der Waals surface area (Å²) in [6.45, 7) is 0. The van der Waals surface area contributed by atoms with E-state index in [4.69, 9.17) is 5.26 Å². The Labute approximate surface area is 90.4 Å². The molecule has 1 aromatic carbocycles. The number of nitrogens with zero attached hydrogens (tertiary/aromatic N) is 1. The minimum absolute atomic E-state index is 0.0930. The molecule has 3 nitrogen and oxygen atoms in total. The number of rotatable bonds is 1. The highest BCUT2D eigenvalue weighted by atomic mass is 127. The van der Waals surface area contributed by atoms with Crippen LogP contribution >= 0.6 is 22.6 Å². The van der Waals surface area contributed by atoms with Gasteiger partial charge in [-0.3, -0.25) is 0 Å². The standard InChI is InChI=1S/C8H6INO2S/c1-13(11,12)8-3-2-7(9)4-6(8)5-10/h2-4H,1H3. The molecule has 0 spiro atoms. The van der Waals surface area contributed by atoms with Crippen molar-refractivity contribution in [3.05, 3.63) is 27.3 Å². The summed E-state index contributed by atoms with van der Waals surface area (Å²) in [7, 11) is -3.29. The lowest BCUT2D eigenvalue weighted by Crippen LogP contribution is -2.00. The minimum Gasteiger partial charge on any atom is -0.224 e. The summed E-state index contributed by atoms with van der Waals surface area (Å²) < 4.78 is 23.2. The van der Waals surface area contributed by atoms with Gasteiger partial charge in [-0.05, 0) is 40.8 Å². The second-order valence-corrected chi connectivity index (χ2v) is 5.75. The molecule has 0 amide bonds. The molecule has 0 aliphatic rings. The predicted molar refractivity (Wildman–Crippen MR) is 57.0 cm³/mol. The summed E-state index contributed by atoms with van der Waals surface area (Å²) >= 11 is 2.03. The van der Waals surface area contributed by atoms with Crippen molar-refractivity contribution in [2.24, 2.45) is 0 Å². The van der Waals surface area contributed by atoms with Crippen LogP contribution in [0.3, 0.4) is 0 Å². The van der Waals surface area contributed by atoms with Crippen molar-refractivity contribution in [3.63, 3.8) is 0 Å². The van der Waals surface area contributed by atoms with Gasteiger partial charge in [-0.2, -0.15) is 5.26 Å². The van der Waals surface area contributed by atoms with Crippen LogP contribution in [0.15, 0.2) is 23.1 Å². The topological polar surface area (TPSA) is 57.9 Å². The van der Waals surface area contributed by atoms with E-state index in [1.807, 2.05) is 28.7 Å². The van der Waals surface area contributed by atoms with E-state index in [1.54, 1.807) is 12.1 Å². The maximum Gasteiger partial charge on any atom is 0.176 e. The third kappa shape index (κ3) is 2.42. The smallest absolute Gasteiger partial charge is 0.176 e. The number of hydrogen-bond acceptors (Lipinski definition) is 3. The van der Waals surface area contributed by atoms with E-state index in [0.29, 0.717) is 0 Å². The number of hydrogen-bond donors (Lipinski definition) is 0. The molecule has 5 heteroatoms. The molecule has 0 radical (unpaired) electrons. The SMILES string of the molecule is CS(=O)(=O)c1ccc(I)cc1C#N. The normalized spacial score (nSPS) is 10.8. The lowest BCUT2D eigenvalue weighted by atomic mass is 10.2. The molecule has 1 aromatic rings. The first-order chi connectivity index (χ1) is 5.95. The molecule has 0 N–H and O–H groups in total. The molecule has 0 aromatic heterocycles. The third-order valence-corrected chi connectivity index (χ3v) is 3.29. The Morgan fingerprint density at radius 3 is 2.54 bits per heavy atom. The van der Waals surface area contributed by atoms with Crippen molar-refractivity contribution >= 4 is 32.4 Å². The molecule has 0 saturated carbocycles. The van der Waals surface area contributed by atoms with E-state index in [9.17, 15) is 8.42 Å². The van der Waals surface area contributed by atoms with Gasteiger partial charge in [0.05, 0.1) is 10.5 Å². The number of benzene rings is 1. The lowest BCUT2D eigenvalue weighted by molar-refractivity contribution is 0.601. The van der Waals surface area contributed by atoms with Crippen molar-refractivity contribution in [1.82, 2.24) is 0 Å². The van der Waals surface area contributed by atoms with Gasteiger partial charge in [-0.25, -0.2) is 8.42 Å². The number of halogens is 1. The van der Waals surface area contributed by atoms with Gasteiger partial charge >= 0.3 is 0 Å². The summed E-state index contributed by atoms with van der Waals surface area (Å²) in [5, 5.41) is 8.69. The van der Waals surface area contributed by atoms with Gasteiger partial charge in [0.25, 0.3) is 0 Å². The van der Waals surface area contributed by atoms with Crippen molar-refractivity contribution in [1.29, 1.82) is 5.26 Å². The molecule has 0 aliphatic heterocycles. The third-order valence-electron chi connectivity index (χ3n) is 1.46. The van der Waals surface area contributed by atoms with Crippen molar-refractivity contribution < 1.29 is 8.42 Å². The van der Waals surface area contributed by atoms with E-state index in [1.165, 1.54) is 6.07 Å². The van der Waals surface area contributed by atoms with Crippen LogP contribution in [0, 0.1) is 14.9 Å². The highest BCUT2D eigenvalue weighted by molar-refractivity contribution is 14.1. The van der Waals surface area contributed by atoms with E-state index in [0.717, 1.165) is 9.83 Å². The second-order valence-electron chi connectivity index (χ2n) is 2.52. The van der Waals surface area contributed by atoms with Gasteiger partial charge in [0.2, 0.25) is 0 Å². The van der Waals surface area contributed by atoms with E-state index < -0.39 is 9.84 Å². The summed E-state index contributed by atoms with van der Waals surface area (Å²) in [4.78, 5) is 0.0930. The Morgan fingerprint density at radius 2 is 2.08 bits per heavy atom. The Balaban J connectivity index is 3.50. The first-order valence-electron chi connectivity index (χ1n) is 3.35. The Kier molecular flexibility index (Phi) is 2.93. The molecule has 68 valence electrons. The quantitative estimate of drug-likeness (QED) is 0.740. The predicted octanol–water partition coefficient (Wildman–Crippen LogP) is 1.57. The average Bonchev–Trinajstić information content (AvgIpc) is 2.01. The fourth-order valence-corrected chi connectivity index (χ4v) is 2.22. The molecule has 0 atom stereocenters. The van der Waals surface area contributed by atoms with Gasteiger partial charge in [-0.15, -0.1) is 0 Å². The van der Waals surface area contributed by atoms with Crippen LogP contribution < -0.4 is 0 Å². The molecule has 0 aliphatic carbocycles. The summed E-state index contributed by atoms with van der Waals surface area (Å²) in [5.41, 5.74) is 0.203. The van der Waals surface area contributed by atoms with Crippen LogP contribution in [0.5, 0.6) is 0 Å². The summed E-state index contributed by atoms with van der Waals surface area (Å²) in [5.74, 6) is 0. The maximum absolute atomic E-state index is 11.2.